The Bertz CT molecular complexity index is 597. The molecule has 2 rings (SSSR count). The number of halogens is 1. The molecule has 0 aromatic carbocycles. The fraction of sp³-hybridized carbons (Fsp3) is 0.286. The van der Waals surface area contributed by atoms with Crippen LogP contribution in [0.1, 0.15) is 33.1 Å². The lowest BCUT2D eigenvalue weighted by Crippen LogP contribution is -2.29. The Morgan fingerprint density at radius 2 is 2.16 bits per heavy atom. The summed E-state index contributed by atoms with van der Waals surface area (Å²) in [4.78, 5) is 20.4. The third kappa shape index (κ3) is 2.96. The summed E-state index contributed by atoms with van der Waals surface area (Å²) in [7, 11) is 1.78. The fourth-order valence-electron chi connectivity index (χ4n) is 1.77. The van der Waals surface area contributed by atoms with E-state index in [1.807, 2.05) is 6.92 Å². The van der Waals surface area contributed by atoms with E-state index in [2.05, 4.69) is 24.0 Å². The second-order valence-electron chi connectivity index (χ2n) is 4.40. The molecule has 0 saturated heterocycles. The number of carbonyl (C=O) groups is 1. The molecular formula is C14H15ClN2OS. The first-order chi connectivity index (χ1) is 9.00. The van der Waals surface area contributed by atoms with Gasteiger partial charge in [0.25, 0.3) is 5.91 Å². The Morgan fingerprint density at radius 1 is 1.42 bits per heavy atom. The molecule has 0 aliphatic rings. The summed E-state index contributed by atoms with van der Waals surface area (Å²) in [5, 5.41) is 0.432. The van der Waals surface area contributed by atoms with E-state index >= 15 is 0 Å². The number of aryl methyl sites for hydroxylation is 1. The molecule has 2 aromatic rings. The van der Waals surface area contributed by atoms with Crippen molar-refractivity contribution in [3.8, 4) is 0 Å². The highest BCUT2D eigenvalue weighted by molar-refractivity contribution is 7.12. The molecule has 2 aromatic heterocycles. The summed E-state index contributed by atoms with van der Waals surface area (Å²) in [6, 6.07) is 5.76. The molecule has 5 heteroatoms. The number of rotatable bonds is 3. The minimum Gasteiger partial charge on any atom is -0.334 e. The number of hydrogen-bond acceptors (Lipinski definition) is 3. The zero-order valence-corrected chi connectivity index (χ0v) is 12.6. The topological polar surface area (TPSA) is 33.2 Å². The minimum absolute atomic E-state index is 0.0162. The summed E-state index contributed by atoms with van der Waals surface area (Å²) < 4.78 is 0. The number of thiophene rings is 1. The summed E-state index contributed by atoms with van der Waals surface area (Å²) >= 11 is 7.73. The van der Waals surface area contributed by atoms with Crippen LogP contribution in [0.3, 0.4) is 0 Å². The molecule has 1 atom stereocenters. The molecule has 0 aliphatic carbocycles. The number of hydrogen-bond donors (Lipinski definition) is 0. The van der Waals surface area contributed by atoms with E-state index in [0.717, 1.165) is 4.88 Å². The predicted octanol–water partition coefficient (Wildman–Crippen LogP) is 3.94. The lowest BCUT2D eigenvalue weighted by atomic mass is 10.2. The molecule has 19 heavy (non-hydrogen) atoms. The maximum Gasteiger partial charge on any atom is 0.257 e. The highest BCUT2D eigenvalue weighted by Gasteiger charge is 2.21. The van der Waals surface area contributed by atoms with Crippen LogP contribution >= 0.6 is 22.9 Å². The lowest BCUT2D eigenvalue weighted by molar-refractivity contribution is 0.0744. The molecule has 0 fully saturated rings. The van der Waals surface area contributed by atoms with Crippen LogP contribution in [0.15, 0.2) is 30.6 Å². The molecule has 0 radical (unpaired) electrons. The van der Waals surface area contributed by atoms with Gasteiger partial charge >= 0.3 is 0 Å². The van der Waals surface area contributed by atoms with Crippen LogP contribution in [0, 0.1) is 6.92 Å². The summed E-state index contributed by atoms with van der Waals surface area (Å²) in [6.07, 6.45) is 3.08. The highest BCUT2D eigenvalue weighted by atomic mass is 35.5. The summed E-state index contributed by atoms with van der Waals surface area (Å²) in [5.74, 6) is -0.114. The smallest absolute Gasteiger partial charge is 0.257 e. The maximum atomic E-state index is 12.4. The Morgan fingerprint density at radius 3 is 2.74 bits per heavy atom. The van der Waals surface area contributed by atoms with Crippen LogP contribution in [0.25, 0.3) is 0 Å². The van der Waals surface area contributed by atoms with Gasteiger partial charge in [-0.2, -0.15) is 0 Å². The van der Waals surface area contributed by atoms with E-state index < -0.39 is 0 Å². The second-order valence-corrected chi connectivity index (χ2v) is 6.12. The van der Waals surface area contributed by atoms with E-state index in [1.54, 1.807) is 35.5 Å². The van der Waals surface area contributed by atoms with Gasteiger partial charge in [-0.25, -0.2) is 0 Å². The van der Waals surface area contributed by atoms with Crippen molar-refractivity contribution in [2.75, 3.05) is 7.05 Å². The standard InChI is InChI=1S/C14H15ClN2OS/c1-9-4-5-13(19-9)10(2)17(3)14(18)11-8-16-7-6-12(11)15/h4-8,10H,1-3H3. The van der Waals surface area contributed by atoms with Crippen molar-refractivity contribution in [3.63, 3.8) is 0 Å². The van der Waals surface area contributed by atoms with Crippen molar-refractivity contribution in [1.29, 1.82) is 0 Å². The van der Waals surface area contributed by atoms with Crippen LogP contribution in [0.5, 0.6) is 0 Å². The van der Waals surface area contributed by atoms with E-state index in [-0.39, 0.29) is 11.9 Å². The molecule has 3 nitrogen and oxygen atoms in total. The third-order valence-electron chi connectivity index (χ3n) is 3.07. The van der Waals surface area contributed by atoms with Crippen LogP contribution in [-0.2, 0) is 0 Å². The van der Waals surface area contributed by atoms with Crippen LogP contribution < -0.4 is 0 Å². The molecule has 1 amide bonds. The third-order valence-corrected chi connectivity index (χ3v) is 4.57. The highest BCUT2D eigenvalue weighted by Crippen LogP contribution is 2.28. The normalized spacial score (nSPS) is 12.2. The number of pyridine rings is 1. The van der Waals surface area contributed by atoms with Crippen molar-refractivity contribution in [3.05, 3.63) is 50.9 Å². The van der Waals surface area contributed by atoms with E-state index in [1.165, 1.54) is 11.1 Å². The maximum absolute atomic E-state index is 12.4. The molecule has 2 heterocycles. The van der Waals surface area contributed by atoms with Crippen molar-refractivity contribution >= 4 is 28.8 Å². The lowest BCUT2D eigenvalue weighted by Gasteiger charge is -2.24. The minimum atomic E-state index is -0.114. The van der Waals surface area contributed by atoms with Gasteiger partial charge in [-0.15, -0.1) is 11.3 Å². The van der Waals surface area contributed by atoms with E-state index in [0.29, 0.717) is 10.6 Å². The summed E-state index contributed by atoms with van der Waals surface area (Å²) in [6.45, 7) is 4.06. The molecular weight excluding hydrogens is 280 g/mol. The molecule has 0 spiro atoms. The molecule has 0 aliphatic heterocycles. The first kappa shape index (κ1) is 14.0. The van der Waals surface area contributed by atoms with Crippen molar-refractivity contribution < 1.29 is 4.79 Å². The van der Waals surface area contributed by atoms with Crippen molar-refractivity contribution in [1.82, 2.24) is 9.88 Å². The van der Waals surface area contributed by atoms with Crippen LogP contribution in [0.2, 0.25) is 5.02 Å². The Hall–Kier alpha value is -1.39. The largest absolute Gasteiger partial charge is 0.334 e. The van der Waals surface area contributed by atoms with Crippen molar-refractivity contribution in [2.45, 2.75) is 19.9 Å². The Balaban J connectivity index is 2.22. The number of amides is 1. The molecule has 1 unspecified atom stereocenters. The number of carbonyl (C=O) groups excluding carboxylic acids is 1. The molecule has 0 saturated carbocycles. The second kappa shape index (κ2) is 5.72. The van der Waals surface area contributed by atoms with Gasteiger partial charge in [0.1, 0.15) is 0 Å². The predicted molar refractivity (Wildman–Crippen MR) is 78.8 cm³/mol. The van der Waals surface area contributed by atoms with Crippen LogP contribution in [-0.4, -0.2) is 22.8 Å². The van der Waals surface area contributed by atoms with Crippen molar-refractivity contribution in [2.24, 2.45) is 0 Å². The first-order valence-corrected chi connectivity index (χ1v) is 7.13. The average molecular weight is 295 g/mol. The van der Waals surface area contributed by atoms with Gasteiger partial charge in [0.2, 0.25) is 0 Å². The zero-order valence-electron chi connectivity index (χ0n) is 11.1. The monoisotopic (exact) mass is 294 g/mol. The van der Waals surface area contributed by atoms with Gasteiger partial charge in [0.15, 0.2) is 0 Å². The van der Waals surface area contributed by atoms with E-state index in [9.17, 15) is 4.79 Å². The average Bonchev–Trinajstić information content (AvgIpc) is 2.83. The van der Waals surface area contributed by atoms with Gasteiger partial charge in [0.05, 0.1) is 16.6 Å². The summed E-state index contributed by atoms with van der Waals surface area (Å²) in [5.41, 5.74) is 0.437. The van der Waals surface area contributed by atoms with Crippen LogP contribution in [0.4, 0.5) is 0 Å². The van der Waals surface area contributed by atoms with Gasteiger partial charge in [0, 0.05) is 29.2 Å². The first-order valence-electron chi connectivity index (χ1n) is 5.93. The molecule has 0 bridgehead atoms. The van der Waals surface area contributed by atoms with E-state index in [4.69, 9.17) is 11.6 Å². The zero-order chi connectivity index (χ0) is 14.0. The Labute approximate surface area is 121 Å². The number of nitrogens with zero attached hydrogens (tertiary/aromatic N) is 2. The van der Waals surface area contributed by atoms with Gasteiger partial charge in [-0.05, 0) is 32.0 Å². The van der Waals surface area contributed by atoms with Gasteiger partial charge in [-0.1, -0.05) is 11.6 Å². The SMILES string of the molecule is Cc1ccc(C(C)N(C)C(=O)c2cnccc2Cl)s1. The molecule has 100 valence electrons. The molecule has 0 N–H and O–H groups in total. The fourth-order valence-corrected chi connectivity index (χ4v) is 2.93. The quantitative estimate of drug-likeness (QED) is 0.859. The van der Waals surface area contributed by atoms with Gasteiger partial charge < -0.3 is 4.90 Å². The number of aromatic nitrogens is 1. The Kier molecular flexibility index (Phi) is 4.22. The van der Waals surface area contributed by atoms with Gasteiger partial charge in [-0.3, -0.25) is 9.78 Å².